The highest BCUT2D eigenvalue weighted by atomic mass is 32.1. The highest BCUT2D eigenvalue weighted by Crippen LogP contribution is 2.40. The minimum Gasteiger partial charge on any atom is -0.493 e. The van der Waals surface area contributed by atoms with Gasteiger partial charge in [-0.15, -0.1) is 11.3 Å². The zero-order chi connectivity index (χ0) is 15.2. The van der Waals surface area contributed by atoms with Crippen molar-refractivity contribution in [1.82, 2.24) is 4.98 Å². The molecule has 2 rings (SSSR count). The number of methoxy groups -OCH3 is 2. The Hall–Kier alpha value is -1.63. The van der Waals surface area contributed by atoms with E-state index in [1.54, 1.807) is 14.2 Å². The Morgan fingerprint density at radius 2 is 2.10 bits per heavy atom. The number of para-hydroxylation sites is 1. The van der Waals surface area contributed by atoms with E-state index in [9.17, 15) is 5.11 Å². The van der Waals surface area contributed by atoms with Crippen LogP contribution >= 0.6 is 11.3 Å². The van der Waals surface area contributed by atoms with Gasteiger partial charge in [-0.3, -0.25) is 0 Å². The Bertz CT molecular complexity index is 597. The summed E-state index contributed by atoms with van der Waals surface area (Å²) in [6.45, 7) is 2.79. The van der Waals surface area contributed by atoms with Gasteiger partial charge < -0.3 is 19.3 Å². The first kappa shape index (κ1) is 15.8. The lowest BCUT2D eigenvalue weighted by molar-refractivity contribution is 0.179. The van der Waals surface area contributed by atoms with Gasteiger partial charge in [-0.1, -0.05) is 6.07 Å². The first-order chi connectivity index (χ1) is 10.2. The van der Waals surface area contributed by atoms with Crippen LogP contribution in [0.15, 0.2) is 18.2 Å². The van der Waals surface area contributed by atoms with Crippen LogP contribution in [0, 0.1) is 0 Å². The monoisotopic (exact) mass is 309 g/mol. The van der Waals surface area contributed by atoms with Crippen LogP contribution in [0.4, 0.5) is 0 Å². The van der Waals surface area contributed by atoms with Crippen LogP contribution in [0.5, 0.6) is 11.5 Å². The molecule has 1 aromatic carbocycles. The Kier molecular flexibility index (Phi) is 5.55. The number of rotatable bonds is 7. The molecule has 6 heteroatoms. The maximum Gasteiger partial charge on any atom is 0.171 e. The molecular weight excluding hydrogens is 290 g/mol. The topological polar surface area (TPSA) is 60.8 Å². The summed E-state index contributed by atoms with van der Waals surface area (Å²) in [5, 5.41) is 10.2. The van der Waals surface area contributed by atoms with Gasteiger partial charge >= 0.3 is 0 Å². The number of ether oxygens (including phenoxy) is 3. The third-order valence-corrected chi connectivity index (χ3v) is 4.04. The Labute approximate surface area is 128 Å². The van der Waals surface area contributed by atoms with E-state index in [-0.39, 0.29) is 6.61 Å². The zero-order valence-electron chi connectivity index (χ0n) is 12.4. The molecule has 1 N–H and O–H groups in total. The van der Waals surface area contributed by atoms with Crippen molar-refractivity contribution in [1.29, 1.82) is 0 Å². The predicted octanol–water partition coefficient (Wildman–Crippen LogP) is 2.86. The van der Waals surface area contributed by atoms with E-state index in [0.717, 1.165) is 21.1 Å². The van der Waals surface area contributed by atoms with E-state index >= 15 is 0 Å². The summed E-state index contributed by atoms with van der Waals surface area (Å²) >= 11 is 1.44. The van der Waals surface area contributed by atoms with Crippen LogP contribution < -0.4 is 9.47 Å². The molecule has 0 atom stereocenters. The van der Waals surface area contributed by atoms with E-state index in [1.807, 2.05) is 25.1 Å². The molecule has 5 nitrogen and oxygen atoms in total. The SMILES string of the molecule is CCOc1c(OC)cccc1-c1nc(COC)c(CO)s1. The Morgan fingerprint density at radius 3 is 2.71 bits per heavy atom. The first-order valence-corrected chi connectivity index (χ1v) is 7.45. The molecule has 0 saturated heterocycles. The van der Waals surface area contributed by atoms with Gasteiger partial charge in [-0.2, -0.15) is 0 Å². The minimum absolute atomic E-state index is 0.0513. The van der Waals surface area contributed by atoms with Gasteiger partial charge in [-0.05, 0) is 19.1 Å². The summed E-state index contributed by atoms with van der Waals surface area (Å²) in [5.41, 5.74) is 1.61. The van der Waals surface area contributed by atoms with E-state index in [4.69, 9.17) is 14.2 Å². The van der Waals surface area contributed by atoms with Crippen molar-refractivity contribution in [2.24, 2.45) is 0 Å². The summed E-state index contributed by atoms with van der Waals surface area (Å²) in [4.78, 5) is 5.36. The van der Waals surface area contributed by atoms with Crippen LogP contribution in [-0.2, 0) is 18.0 Å². The molecule has 114 valence electrons. The molecular formula is C15H19NO4S. The second-order valence-corrected chi connectivity index (χ2v) is 5.33. The number of aliphatic hydroxyl groups is 1. The van der Waals surface area contributed by atoms with Crippen LogP contribution in [0.3, 0.4) is 0 Å². The highest BCUT2D eigenvalue weighted by Gasteiger charge is 2.18. The summed E-state index contributed by atoms with van der Waals surface area (Å²) in [6.07, 6.45) is 0. The summed E-state index contributed by atoms with van der Waals surface area (Å²) < 4.78 is 16.2. The standard InChI is InChI=1S/C15H19NO4S/c1-4-20-14-10(6-5-7-12(14)19-3)15-16-11(9-18-2)13(8-17)21-15/h5-7,17H,4,8-9H2,1-3H3. The third-order valence-electron chi connectivity index (χ3n) is 2.92. The van der Waals surface area contributed by atoms with E-state index in [1.165, 1.54) is 11.3 Å². The van der Waals surface area contributed by atoms with Gasteiger partial charge in [0.05, 0.1) is 43.1 Å². The average molecular weight is 309 g/mol. The van der Waals surface area contributed by atoms with Gasteiger partial charge in [0.1, 0.15) is 5.01 Å². The summed E-state index contributed by atoms with van der Waals surface area (Å²) in [7, 11) is 3.22. The number of aliphatic hydroxyl groups excluding tert-OH is 1. The lowest BCUT2D eigenvalue weighted by Crippen LogP contribution is -1.97. The first-order valence-electron chi connectivity index (χ1n) is 6.63. The van der Waals surface area contributed by atoms with Crippen molar-refractivity contribution in [3.8, 4) is 22.1 Å². The molecule has 0 amide bonds. The molecule has 1 aromatic heterocycles. The summed E-state index contributed by atoms with van der Waals surface area (Å²) in [5.74, 6) is 1.34. The number of hydrogen-bond acceptors (Lipinski definition) is 6. The minimum atomic E-state index is -0.0513. The molecule has 0 fully saturated rings. The van der Waals surface area contributed by atoms with Crippen LogP contribution in [-0.4, -0.2) is 30.9 Å². The molecule has 21 heavy (non-hydrogen) atoms. The molecule has 0 unspecified atom stereocenters. The predicted molar refractivity (Wildman–Crippen MR) is 81.9 cm³/mol. The van der Waals surface area contributed by atoms with Crippen molar-refractivity contribution >= 4 is 11.3 Å². The van der Waals surface area contributed by atoms with Crippen molar-refractivity contribution in [2.75, 3.05) is 20.8 Å². The third kappa shape index (κ3) is 3.34. The second kappa shape index (κ2) is 7.40. The fourth-order valence-corrected chi connectivity index (χ4v) is 2.96. The lowest BCUT2D eigenvalue weighted by atomic mass is 10.2. The number of nitrogens with zero attached hydrogens (tertiary/aromatic N) is 1. The van der Waals surface area contributed by atoms with Gasteiger partial charge in [0.25, 0.3) is 0 Å². The van der Waals surface area contributed by atoms with Crippen LogP contribution in [0.2, 0.25) is 0 Å². The van der Waals surface area contributed by atoms with Gasteiger partial charge in [0.15, 0.2) is 11.5 Å². The normalized spacial score (nSPS) is 10.7. The number of thiazole rings is 1. The molecule has 2 aromatic rings. The smallest absolute Gasteiger partial charge is 0.171 e. The van der Waals surface area contributed by atoms with Gasteiger partial charge in [0.2, 0.25) is 0 Å². The van der Waals surface area contributed by atoms with Gasteiger partial charge in [0, 0.05) is 7.11 Å². The number of hydrogen-bond donors (Lipinski definition) is 1. The lowest BCUT2D eigenvalue weighted by Gasteiger charge is -2.12. The maximum absolute atomic E-state index is 9.44. The van der Waals surface area contributed by atoms with Crippen molar-refractivity contribution < 1.29 is 19.3 Å². The molecule has 0 bridgehead atoms. The molecule has 0 aliphatic carbocycles. The van der Waals surface area contributed by atoms with Crippen molar-refractivity contribution in [2.45, 2.75) is 20.1 Å². The molecule has 0 radical (unpaired) electrons. The quantitative estimate of drug-likeness (QED) is 0.852. The number of aromatic nitrogens is 1. The highest BCUT2D eigenvalue weighted by molar-refractivity contribution is 7.15. The Balaban J connectivity index is 2.50. The van der Waals surface area contributed by atoms with Crippen LogP contribution in [0.25, 0.3) is 10.6 Å². The molecule has 0 aliphatic heterocycles. The van der Waals surface area contributed by atoms with E-state index < -0.39 is 0 Å². The van der Waals surface area contributed by atoms with E-state index in [2.05, 4.69) is 4.98 Å². The van der Waals surface area contributed by atoms with Crippen molar-refractivity contribution in [3.05, 3.63) is 28.8 Å². The van der Waals surface area contributed by atoms with Crippen LogP contribution in [0.1, 0.15) is 17.5 Å². The zero-order valence-corrected chi connectivity index (χ0v) is 13.2. The molecule has 1 heterocycles. The molecule has 0 spiro atoms. The molecule has 0 aliphatic rings. The fraction of sp³-hybridized carbons (Fsp3) is 0.400. The largest absolute Gasteiger partial charge is 0.493 e. The summed E-state index contributed by atoms with van der Waals surface area (Å²) in [6, 6.07) is 5.68. The molecule has 0 saturated carbocycles. The van der Waals surface area contributed by atoms with Crippen molar-refractivity contribution in [3.63, 3.8) is 0 Å². The Morgan fingerprint density at radius 1 is 1.29 bits per heavy atom. The maximum atomic E-state index is 9.44. The average Bonchev–Trinajstić information content (AvgIpc) is 2.91. The van der Waals surface area contributed by atoms with Gasteiger partial charge in [-0.25, -0.2) is 4.98 Å². The number of benzene rings is 1. The second-order valence-electron chi connectivity index (χ2n) is 4.25. The fourth-order valence-electron chi connectivity index (χ4n) is 2.01. The van der Waals surface area contributed by atoms with E-state index in [0.29, 0.717) is 24.7 Å².